The van der Waals surface area contributed by atoms with Crippen molar-refractivity contribution in [2.45, 2.75) is 13.0 Å². The molecule has 0 saturated carbocycles. The number of carbonyl (C=O) groups excluding carboxylic acids is 1. The van der Waals surface area contributed by atoms with Crippen LogP contribution in [0.4, 0.5) is 5.69 Å². The first-order valence-electron chi connectivity index (χ1n) is 9.60. The Kier molecular flexibility index (Phi) is 5.56. The van der Waals surface area contributed by atoms with Crippen LogP contribution in [0, 0.1) is 0 Å². The molecule has 4 nitrogen and oxygen atoms in total. The number of hydrogen-bond donors (Lipinski definition) is 1. The number of ether oxygens (including phenoxy) is 1. The molecule has 29 heavy (non-hydrogen) atoms. The van der Waals surface area contributed by atoms with Crippen LogP contribution in [0.3, 0.4) is 0 Å². The maximum Gasteiger partial charge on any atom is 0.259 e. The number of hydrogen-bond acceptors (Lipinski definition) is 3. The minimum atomic E-state index is -0.226. The van der Waals surface area contributed by atoms with Crippen LogP contribution in [-0.4, -0.2) is 31.5 Å². The summed E-state index contributed by atoms with van der Waals surface area (Å²) in [5, 5.41) is 3.58. The Morgan fingerprint density at radius 3 is 2.66 bits per heavy atom. The van der Waals surface area contributed by atoms with Gasteiger partial charge in [-0.1, -0.05) is 54.1 Å². The van der Waals surface area contributed by atoms with E-state index in [9.17, 15) is 4.79 Å². The average molecular weight is 407 g/mol. The first-order valence-corrected chi connectivity index (χ1v) is 9.98. The molecule has 0 bridgehead atoms. The lowest BCUT2D eigenvalue weighted by molar-refractivity contribution is 0.102. The Morgan fingerprint density at radius 1 is 1.10 bits per heavy atom. The van der Waals surface area contributed by atoms with Crippen molar-refractivity contribution >= 4 is 23.2 Å². The van der Waals surface area contributed by atoms with E-state index in [1.165, 1.54) is 11.1 Å². The number of fused-ring (bicyclic) bond motifs is 1. The highest BCUT2D eigenvalue weighted by molar-refractivity contribution is 6.34. The van der Waals surface area contributed by atoms with Crippen molar-refractivity contribution in [3.8, 4) is 16.9 Å². The van der Waals surface area contributed by atoms with E-state index in [-0.39, 0.29) is 5.91 Å². The van der Waals surface area contributed by atoms with Gasteiger partial charge in [-0.05, 0) is 48.4 Å². The molecule has 3 aromatic carbocycles. The van der Waals surface area contributed by atoms with Gasteiger partial charge in [0.2, 0.25) is 0 Å². The standard InChI is InChI=1S/C24H23ClN2O2/c1-27-12-11-18-17(15-27)9-6-10-22(18)26-24(28)20-13-21(25)19(14-23(20)29-2)16-7-4-3-5-8-16/h3-10,13-14H,11-12,15H2,1-2H3,(H,26,28). The summed E-state index contributed by atoms with van der Waals surface area (Å²) in [6, 6.07) is 19.4. The van der Waals surface area contributed by atoms with Gasteiger partial charge in [-0.25, -0.2) is 0 Å². The lowest BCUT2D eigenvalue weighted by Gasteiger charge is -2.26. The molecule has 0 aromatic heterocycles. The number of methoxy groups -OCH3 is 1. The van der Waals surface area contributed by atoms with Crippen molar-refractivity contribution in [3.05, 3.63) is 82.4 Å². The predicted molar refractivity (Wildman–Crippen MR) is 118 cm³/mol. The van der Waals surface area contributed by atoms with Gasteiger partial charge in [0, 0.05) is 29.4 Å². The second-order valence-electron chi connectivity index (χ2n) is 7.28. The summed E-state index contributed by atoms with van der Waals surface area (Å²) < 4.78 is 5.52. The Hall–Kier alpha value is -2.82. The number of halogens is 1. The first kappa shape index (κ1) is 19.5. The van der Waals surface area contributed by atoms with Gasteiger partial charge in [0.25, 0.3) is 5.91 Å². The summed E-state index contributed by atoms with van der Waals surface area (Å²) in [6.07, 6.45) is 0.910. The number of anilines is 1. The molecule has 1 aliphatic heterocycles. The normalized spacial score (nSPS) is 13.6. The summed E-state index contributed by atoms with van der Waals surface area (Å²) in [7, 11) is 3.67. The van der Waals surface area contributed by atoms with E-state index in [4.69, 9.17) is 16.3 Å². The molecule has 0 unspecified atom stereocenters. The molecule has 4 rings (SSSR count). The first-order chi connectivity index (χ1) is 14.1. The third-order valence-electron chi connectivity index (χ3n) is 5.32. The van der Waals surface area contributed by atoms with Crippen LogP contribution >= 0.6 is 11.6 Å². The number of nitrogens with zero attached hydrogens (tertiary/aromatic N) is 1. The van der Waals surface area contributed by atoms with Crippen molar-refractivity contribution < 1.29 is 9.53 Å². The second kappa shape index (κ2) is 8.27. The molecule has 1 amide bonds. The van der Waals surface area contributed by atoms with Crippen molar-refractivity contribution in [2.75, 3.05) is 26.0 Å². The largest absolute Gasteiger partial charge is 0.496 e. The van der Waals surface area contributed by atoms with Gasteiger partial charge >= 0.3 is 0 Å². The van der Waals surface area contributed by atoms with Crippen LogP contribution < -0.4 is 10.1 Å². The van der Waals surface area contributed by atoms with E-state index in [0.29, 0.717) is 16.3 Å². The lowest BCUT2D eigenvalue weighted by Crippen LogP contribution is -2.27. The van der Waals surface area contributed by atoms with E-state index in [0.717, 1.165) is 36.3 Å². The topological polar surface area (TPSA) is 41.6 Å². The Morgan fingerprint density at radius 2 is 1.90 bits per heavy atom. The lowest BCUT2D eigenvalue weighted by atomic mass is 9.97. The number of carbonyl (C=O) groups is 1. The third kappa shape index (κ3) is 4.00. The van der Waals surface area contributed by atoms with Gasteiger partial charge in [-0.15, -0.1) is 0 Å². The van der Waals surface area contributed by atoms with Crippen molar-refractivity contribution in [3.63, 3.8) is 0 Å². The molecule has 5 heteroatoms. The van der Waals surface area contributed by atoms with E-state index in [1.54, 1.807) is 13.2 Å². The summed E-state index contributed by atoms with van der Waals surface area (Å²) in [5.74, 6) is 0.269. The smallest absolute Gasteiger partial charge is 0.259 e. The number of benzene rings is 3. The molecule has 0 spiro atoms. The Bertz CT molecular complexity index is 1050. The fourth-order valence-electron chi connectivity index (χ4n) is 3.80. The van der Waals surface area contributed by atoms with Crippen molar-refractivity contribution in [1.29, 1.82) is 0 Å². The van der Waals surface area contributed by atoms with E-state index >= 15 is 0 Å². The van der Waals surface area contributed by atoms with Crippen LogP contribution in [0.1, 0.15) is 21.5 Å². The summed E-state index contributed by atoms with van der Waals surface area (Å²) in [4.78, 5) is 15.4. The molecular weight excluding hydrogens is 384 g/mol. The quantitative estimate of drug-likeness (QED) is 0.642. The van der Waals surface area contributed by atoms with Crippen LogP contribution in [-0.2, 0) is 13.0 Å². The zero-order chi connectivity index (χ0) is 20.4. The minimum Gasteiger partial charge on any atom is -0.496 e. The van der Waals surface area contributed by atoms with Gasteiger partial charge in [0.1, 0.15) is 5.75 Å². The molecule has 148 valence electrons. The molecule has 0 fully saturated rings. The highest BCUT2D eigenvalue weighted by Crippen LogP contribution is 2.35. The van der Waals surface area contributed by atoms with Gasteiger partial charge in [0.05, 0.1) is 12.7 Å². The molecule has 1 heterocycles. The van der Waals surface area contributed by atoms with Gasteiger partial charge in [-0.3, -0.25) is 4.79 Å². The molecule has 3 aromatic rings. The number of likely N-dealkylation sites (N-methyl/N-ethyl adjacent to an activating group) is 1. The fourth-order valence-corrected chi connectivity index (χ4v) is 4.07. The second-order valence-corrected chi connectivity index (χ2v) is 7.69. The Balaban J connectivity index is 1.66. The molecule has 0 saturated heterocycles. The molecule has 1 N–H and O–H groups in total. The molecule has 0 radical (unpaired) electrons. The minimum absolute atomic E-state index is 0.226. The van der Waals surface area contributed by atoms with Crippen LogP contribution in [0.5, 0.6) is 5.75 Å². The summed E-state index contributed by atoms with van der Waals surface area (Å²) in [5.41, 5.74) is 5.53. The van der Waals surface area contributed by atoms with Crippen LogP contribution in [0.15, 0.2) is 60.7 Å². The van der Waals surface area contributed by atoms with Crippen molar-refractivity contribution in [1.82, 2.24) is 4.90 Å². The van der Waals surface area contributed by atoms with E-state index < -0.39 is 0 Å². The predicted octanol–water partition coefficient (Wildman–Crippen LogP) is 5.26. The average Bonchev–Trinajstić information content (AvgIpc) is 2.74. The van der Waals surface area contributed by atoms with Gasteiger partial charge < -0.3 is 15.0 Å². The number of nitrogens with one attached hydrogen (secondary N) is 1. The van der Waals surface area contributed by atoms with E-state index in [1.807, 2.05) is 48.5 Å². The maximum absolute atomic E-state index is 13.1. The molecule has 0 atom stereocenters. The zero-order valence-electron chi connectivity index (χ0n) is 16.5. The number of amides is 1. The fraction of sp³-hybridized carbons (Fsp3) is 0.208. The Labute approximate surface area is 176 Å². The molecular formula is C24H23ClN2O2. The van der Waals surface area contributed by atoms with Crippen molar-refractivity contribution in [2.24, 2.45) is 0 Å². The monoisotopic (exact) mass is 406 g/mol. The van der Waals surface area contributed by atoms with E-state index in [2.05, 4.69) is 23.3 Å². The van der Waals surface area contributed by atoms with Crippen LogP contribution in [0.2, 0.25) is 5.02 Å². The SMILES string of the molecule is COc1cc(-c2ccccc2)c(Cl)cc1C(=O)Nc1cccc2c1CCN(C)C2. The zero-order valence-corrected chi connectivity index (χ0v) is 17.3. The highest BCUT2D eigenvalue weighted by Gasteiger charge is 2.20. The number of rotatable bonds is 4. The van der Waals surface area contributed by atoms with Crippen LogP contribution in [0.25, 0.3) is 11.1 Å². The van der Waals surface area contributed by atoms with Gasteiger partial charge in [0.15, 0.2) is 0 Å². The maximum atomic E-state index is 13.1. The molecule has 0 aliphatic carbocycles. The molecule has 1 aliphatic rings. The third-order valence-corrected chi connectivity index (χ3v) is 5.64. The highest BCUT2D eigenvalue weighted by atomic mass is 35.5. The van der Waals surface area contributed by atoms with Gasteiger partial charge in [-0.2, -0.15) is 0 Å². The summed E-state index contributed by atoms with van der Waals surface area (Å²) in [6.45, 7) is 1.86. The summed E-state index contributed by atoms with van der Waals surface area (Å²) >= 11 is 6.53.